The fraction of sp³-hybridized carbons (Fsp3) is 0.562. The minimum atomic E-state index is -0.787. The predicted molar refractivity (Wildman–Crippen MR) is 87.3 cm³/mol. The molecule has 1 aromatic rings. The fourth-order valence-electron chi connectivity index (χ4n) is 2.74. The van der Waals surface area contributed by atoms with Gasteiger partial charge in [-0.25, -0.2) is 0 Å². The number of ether oxygens (including phenoxy) is 1. The van der Waals surface area contributed by atoms with Gasteiger partial charge in [0.25, 0.3) is 0 Å². The van der Waals surface area contributed by atoms with E-state index in [4.69, 9.17) is 10.5 Å². The third kappa shape index (κ3) is 3.99. The van der Waals surface area contributed by atoms with Gasteiger partial charge in [0.1, 0.15) is 5.54 Å². The zero-order chi connectivity index (χ0) is 15.1. The highest BCUT2D eigenvalue weighted by Gasteiger charge is 2.36. The number of amides is 1. The van der Waals surface area contributed by atoms with Crippen molar-refractivity contribution in [2.45, 2.75) is 30.9 Å². The number of benzene rings is 1. The monoisotopic (exact) mass is 308 g/mol. The number of hydrogen-bond donors (Lipinski definition) is 2. The van der Waals surface area contributed by atoms with Gasteiger partial charge in [-0.2, -0.15) is 11.8 Å². The van der Waals surface area contributed by atoms with Crippen molar-refractivity contribution in [3.8, 4) is 0 Å². The van der Waals surface area contributed by atoms with E-state index < -0.39 is 5.54 Å². The Morgan fingerprint density at radius 3 is 2.81 bits per heavy atom. The number of nitrogens with two attached hydrogens (primary N) is 1. The maximum Gasteiger partial charge on any atom is 0.242 e. The van der Waals surface area contributed by atoms with Crippen molar-refractivity contribution in [2.75, 3.05) is 25.2 Å². The third-order valence-corrected chi connectivity index (χ3v) is 5.16. The molecule has 2 atom stereocenters. The van der Waals surface area contributed by atoms with Crippen LogP contribution in [-0.4, -0.2) is 37.2 Å². The van der Waals surface area contributed by atoms with Crippen LogP contribution in [0.25, 0.3) is 0 Å². The van der Waals surface area contributed by atoms with Gasteiger partial charge in [0.15, 0.2) is 0 Å². The number of likely N-dealkylation sites (N-methyl/N-ethyl adjacent to an activating group) is 1. The summed E-state index contributed by atoms with van der Waals surface area (Å²) < 4.78 is 5.62. The van der Waals surface area contributed by atoms with E-state index >= 15 is 0 Å². The molecule has 1 saturated heterocycles. The molecule has 1 fully saturated rings. The van der Waals surface area contributed by atoms with Gasteiger partial charge in [-0.3, -0.25) is 4.79 Å². The summed E-state index contributed by atoms with van der Waals surface area (Å²) in [5.41, 5.74) is 5.82. The molecule has 2 unspecified atom stereocenters. The van der Waals surface area contributed by atoms with Crippen LogP contribution in [0.4, 0.5) is 0 Å². The van der Waals surface area contributed by atoms with Gasteiger partial charge >= 0.3 is 0 Å². The minimum Gasteiger partial charge on any atom is -0.377 e. The fourth-order valence-corrected chi connectivity index (χ4v) is 3.88. The Morgan fingerprint density at radius 1 is 1.48 bits per heavy atom. The Bertz CT molecular complexity index is 449. The Kier molecular flexibility index (Phi) is 6.08. The molecule has 0 radical (unpaired) electrons. The van der Waals surface area contributed by atoms with E-state index in [1.165, 1.54) is 0 Å². The third-order valence-electron chi connectivity index (χ3n) is 4.06. The zero-order valence-corrected chi connectivity index (χ0v) is 13.3. The highest BCUT2D eigenvalue weighted by molar-refractivity contribution is 7.99. The Morgan fingerprint density at radius 2 is 2.24 bits per heavy atom. The van der Waals surface area contributed by atoms with Crippen molar-refractivity contribution >= 4 is 17.7 Å². The second kappa shape index (κ2) is 7.82. The van der Waals surface area contributed by atoms with Crippen LogP contribution in [0, 0.1) is 0 Å². The SMILES string of the molecule is CNC(CCSCC1CCCO1)(C(N)=O)c1ccccc1. The van der Waals surface area contributed by atoms with Crippen molar-refractivity contribution < 1.29 is 9.53 Å². The Hall–Kier alpha value is -1.04. The molecule has 5 heteroatoms. The summed E-state index contributed by atoms with van der Waals surface area (Å²) in [4.78, 5) is 12.0. The normalized spacial score (nSPS) is 21.1. The van der Waals surface area contributed by atoms with Crippen LogP contribution < -0.4 is 11.1 Å². The summed E-state index contributed by atoms with van der Waals surface area (Å²) >= 11 is 1.83. The highest BCUT2D eigenvalue weighted by Crippen LogP contribution is 2.27. The smallest absolute Gasteiger partial charge is 0.242 e. The quantitative estimate of drug-likeness (QED) is 0.720. The van der Waals surface area contributed by atoms with E-state index in [2.05, 4.69) is 5.32 Å². The maximum atomic E-state index is 12.0. The van der Waals surface area contributed by atoms with Crippen molar-refractivity contribution in [3.05, 3.63) is 35.9 Å². The molecule has 0 aromatic heterocycles. The van der Waals surface area contributed by atoms with Gasteiger partial charge in [0, 0.05) is 12.4 Å². The number of primary amides is 1. The molecule has 1 heterocycles. The summed E-state index contributed by atoms with van der Waals surface area (Å²) in [6.45, 7) is 0.886. The van der Waals surface area contributed by atoms with Crippen molar-refractivity contribution in [1.29, 1.82) is 0 Å². The standard InChI is InChI=1S/C16H24N2O2S/c1-18-16(15(17)19,13-6-3-2-4-7-13)9-11-21-12-14-8-5-10-20-14/h2-4,6-7,14,18H,5,8-12H2,1H3,(H2,17,19). The molecule has 0 aliphatic carbocycles. The number of nitrogens with one attached hydrogen (secondary N) is 1. The molecule has 0 bridgehead atoms. The van der Waals surface area contributed by atoms with Gasteiger partial charge < -0.3 is 15.8 Å². The lowest BCUT2D eigenvalue weighted by atomic mass is 9.86. The lowest BCUT2D eigenvalue weighted by Gasteiger charge is -2.31. The summed E-state index contributed by atoms with van der Waals surface area (Å²) in [6, 6.07) is 9.71. The second-order valence-electron chi connectivity index (χ2n) is 5.35. The molecule has 3 N–H and O–H groups in total. The first kappa shape index (κ1) is 16.3. The molecule has 1 aliphatic heterocycles. The zero-order valence-electron chi connectivity index (χ0n) is 12.5. The van der Waals surface area contributed by atoms with Crippen LogP contribution in [0.15, 0.2) is 30.3 Å². The molecule has 116 valence electrons. The largest absolute Gasteiger partial charge is 0.377 e. The molecule has 1 amide bonds. The lowest BCUT2D eigenvalue weighted by molar-refractivity contribution is -0.124. The topological polar surface area (TPSA) is 64.3 Å². The molecule has 1 aliphatic rings. The van der Waals surface area contributed by atoms with Crippen LogP contribution in [0.1, 0.15) is 24.8 Å². The van der Waals surface area contributed by atoms with Gasteiger partial charge in [-0.15, -0.1) is 0 Å². The summed E-state index contributed by atoms with van der Waals surface area (Å²) in [5.74, 6) is 1.54. The van der Waals surface area contributed by atoms with E-state index in [-0.39, 0.29) is 5.91 Å². The molecular weight excluding hydrogens is 284 g/mol. The number of rotatable bonds is 8. The second-order valence-corrected chi connectivity index (χ2v) is 6.50. The predicted octanol–water partition coefficient (Wildman–Crippen LogP) is 1.89. The Balaban J connectivity index is 1.95. The first-order valence-electron chi connectivity index (χ1n) is 7.43. The van der Waals surface area contributed by atoms with Gasteiger partial charge in [0.05, 0.1) is 6.10 Å². The number of carbonyl (C=O) groups is 1. The highest BCUT2D eigenvalue weighted by atomic mass is 32.2. The van der Waals surface area contributed by atoms with Crippen molar-refractivity contribution in [2.24, 2.45) is 5.73 Å². The minimum absolute atomic E-state index is 0.325. The summed E-state index contributed by atoms with van der Waals surface area (Å²) in [6.07, 6.45) is 3.37. The maximum absolute atomic E-state index is 12.0. The van der Waals surface area contributed by atoms with Crippen molar-refractivity contribution in [1.82, 2.24) is 5.32 Å². The van der Waals surface area contributed by atoms with E-state index in [9.17, 15) is 4.79 Å². The van der Waals surface area contributed by atoms with Crippen LogP contribution in [0.5, 0.6) is 0 Å². The number of hydrogen-bond acceptors (Lipinski definition) is 4. The summed E-state index contributed by atoms with van der Waals surface area (Å²) in [5, 5.41) is 3.14. The molecule has 2 rings (SSSR count). The van der Waals surface area contributed by atoms with E-state index in [1.54, 1.807) is 7.05 Å². The van der Waals surface area contributed by atoms with E-state index in [0.29, 0.717) is 12.5 Å². The lowest BCUT2D eigenvalue weighted by Crippen LogP contribution is -2.51. The Labute approximate surface area is 130 Å². The molecule has 0 saturated carbocycles. The summed E-state index contributed by atoms with van der Waals surface area (Å²) in [7, 11) is 1.79. The first-order chi connectivity index (χ1) is 10.2. The van der Waals surface area contributed by atoms with Crippen LogP contribution in [-0.2, 0) is 15.1 Å². The van der Waals surface area contributed by atoms with Crippen molar-refractivity contribution in [3.63, 3.8) is 0 Å². The number of thioether (sulfide) groups is 1. The average molecular weight is 308 g/mol. The molecule has 1 aromatic carbocycles. The molecular formula is C16H24N2O2S. The van der Waals surface area contributed by atoms with Gasteiger partial charge in [-0.1, -0.05) is 30.3 Å². The van der Waals surface area contributed by atoms with Crippen LogP contribution in [0.3, 0.4) is 0 Å². The molecule has 21 heavy (non-hydrogen) atoms. The average Bonchev–Trinajstić information content (AvgIpc) is 3.01. The first-order valence-corrected chi connectivity index (χ1v) is 8.58. The number of carbonyl (C=O) groups excluding carboxylic acids is 1. The van der Waals surface area contributed by atoms with E-state index in [0.717, 1.165) is 36.5 Å². The van der Waals surface area contributed by atoms with Gasteiger partial charge in [0.2, 0.25) is 5.91 Å². The van der Waals surface area contributed by atoms with E-state index in [1.807, 2.05) is 42.1 Å². The van der Waals surface area contributed by atoms with Gasteiger partial charge in [-0.05, 0) is 37.6 Å². The molecule has 4 nitrogen and oxygen atoms in total. The van der Waals surface area contributed by atoms with Crippen LogP contribution in [0.2, 0.25) is 0 Å². The molecule has 0 spiro atoms. The van der Waals surface area contributed by atoms with Crippen LogP contribution >= 0.6 is 11.8 Å².